The number of hydrogen-bond acceptors (Lipinski definition) is 3. The molecule has 7 heteroatoms. The van der Waals surface area contributed by atoms with Crippen molar-refractivity contribution in [3.8, 4) is 0 Å². The zero-order chi connectivity index (χ0) is 19.4. The topological polar surface area (TPSA) is 35.6 Å². The molecule has 0 unspecified atom stereocenters. The van der Waals surface area contributed by atoms with Crippen molar-refractivity contribution in [2.24, 2.45) is 0 Å². The van der Waals surface area contributed by atoms with E-state index in [4.69, 9.17) is 23.2 Å². The van der Waals surface area contributed by atoms with Crippen molar-refractivity contribution in [3.63, 3.8) is 0 Å². The highest BCUT2D eigenvalue weighted by molar-refractivity contribution is 6.33. The van der Waals surface area contributed by atoms with Gasteiger partial charge < -0.3 is 5.32 Å². The summed E-state index contributed by atoms with van der Waals surface area (Å²) in [6.07, 6.45) is 0. The van der Waals surface area contributed by atoms with Crippen LogP contribution in [0.15, 0.2) is 42.5 Å². The highest BCUT2D eigenvalue weighted by atomic mass is 35.5. The number of nitrogens with zero attached hydrogens (tertiary/aromatic N) is 2. The molecule has 0 saturated carbocycles. The smallest absolute Gasteiger partial charge is 0.241 e. The van der Waals surface area contributed by atoms with Crippen LogP contribution in [0.1, 0.15) is 12.5 Å². The predicted molar refractivity (Wildman–Crippen MR) is 108 cm³/mol. The molecular formula is C20H22Cl2FN3O. The largest absolute Gasteiger partial charge is 0.323 e. The average molecular weight is 410 g/mol. The first-order chi connectivity index (χ1) is 12.9. The monoisotopic (exact) mass is 409 g/mol. The van der Waals surface area contributed by atoms with Crippen molar-refractivity contribution in [3.05, 3.63) is 63.9 Å². The minimum atomic E-state index is -0.429. The first kappa shape index (κ1) is 20.1. The van der Waals surface area contributed by atoms with Crippen molar-refractivity contribution in [2.75, 3.05) is 31.5 Å². The van der Waals surface area contributed by atoms with E-state index in [1.807, 2.05) is 25.1 Å². The van der Waals surface area contributed by atoms with Crippen molar-refractivity contribution in [1.82, 2.24) is 9.80 Å². The number of carbonyl (C=O) groups is 1. The maximum Gasteiger partial charge on any atom is 0.241 e. The zero-order valence-electron chi connectivity index (χ0n) is 15.1. The molecule has 1 heterocycles. The Morgan fingerprint density at radius 1 is 1.15 bits per heavy atom. The Bertz CT molecular complexity index is 810. The number of piperazine rings is 1. The highest BCUT2D eigenvalue weighted by Crippen LogP contribution is 2.23. The third kappa shape index (κ3) is 5.42. The summed E-state index contributed by atoms with van der Waals surface area (Å²) in [5, 5.41) is 3.73. The third-order valence-electron chi connectivity index (χ3n) is 4.82. The molecule has 0 aliphatic carbocycles. The molecular weight excluding hydrogens is 388 g/mol. The molecule has 3 rings (SSSR count). The summed E-state index contributed by atoms with van der Waals surface area (Å²) in [4.78, 5) is 17.0. The van der Waals surface area contributed by atoms with Gasteiger partial charge in [-0.05, 0) is 42.8 Å². The van der Waals surface area contributed by atoms with E-state index in [-0.39, 0.29) is 17.0 Å². The fraction of sp³-hybridized carbons (Fsp3) is 0.350. The van der Waals surface area contributed by atoms with Crippen LogP contribution < -0.4 is 5.32 Å². The molecule has 4 nitrogen and oxygen atoms in total. The first-order valence-corrected chi connectivity index (χ1v) is 9.65. The molecule has 1 N–H and O–H groups in total. The minimum Gasteiger partial charge on any atom is -0.323 e. The van der Waals surface area contributed by atoms with Gasteiger partial charge in [-0.3, -0.25) is 14.6 Å². The normalized spacial score (nSPS) is 16.9. The summed E-state index contributed by atoms with van der Waals surface area (Å²) in [7, 11) is 0. The summed E-state index contributed by atoms with van der Waals surface area (Å²) in [5.74, 6) is -0.575. The van der Waals surface area contributed by atoms with Gasteiger partial charge in [0.15, 0.2) is 0 Å². The molecule has 27 heavy (non-hydrogen) atoms. The van der Waals surface area contributed by atoms with Gasteiger partial charge in [0.1, 0.15) is 5.82 Å². The van der Waals surface area contributed by atoms with Crippen LogP contribution >= 0.6 is 23.2 Å². The van der Waals surface area contributed by atoms with Gasteiger partial charge >= 0.3 is 0 Å². The second-order valence-electron chi connectivity index (χ2n) is 6.73. The number of amides is 1. The average Bonchev–Trinajstić information content (AvgIpc) is 2.64. The van der Waals surface area contributed by atoms with Gasteiger partial charge in [0.05, 0.1) is 16.8 Å². The molecule has 1 aliphatic heterocycles. The van der Waals surface area contributed by atoms with E-state index < -0.39 is 5.82 Å². The molecule has 1 amide bonds. The standard InChI is InChI=1S/C20H22Cl2FN3O/c1-14(20(27)24-19-6-5-17(23)12-18(19)22)26-9-7-25(8-10-26)13-15-3-2-4-16(21)11-15/h2-6,11-12,14H,7-10,13H2,1H3,(H,24,27)/t14-/m1/s1. The fourth-order valence-electron chi connectivity index (χ4n) is 3.20. The third-order valence-corrected chi connectivity index (χ3v) is 5.37. The molecule has 1 atom stereocenters. The molecule has 0 radical (unpaired) electrons. The van der Waals surface area contributed by atoms with Gasteiger partial charge in [0, 0.05) is 37.7 Å². The highest BCUT2D eigenvalue weighted by Gasteiger charge is 2.26. The lowest BCUT2D eigenvalue weighted by molar-refractivity contribution is -0.121. The van der Waals surface area contributed by atoms with Crippen LogP contribution in [0.25, 0.3) is 0 Å². The molecule has 2 aromatic rings. The maximum atomic E-state index is 13.1. The number of halogens is 3. The Labute approximate surface area is 168 Å². The molecule has 0 bridgehead atoms. The zero-order valence-corrected chi connectivity index (χ0v) is 16.6. The van der Waals surface area contributed by atoms with Crippen LogP contribution in [0.4, 0.5) is 10.1 Å². The molecule has 0 aromatic heterocycles. The van der Waals surface area contributed by atoms with Gasteiger partial charge in [-0.2, -0.15) is 0 Å². The van der Waals surface area contributed by atoms with E-state index in [1.165, 1.54) is 23.8 Å². The lowest BCUT2D eigenvalue weighted by Gasteiger charge is -2.37. The van der Waals surface area contributed by atoms with Gasteiger partial charge in [0.25, 0.3) is 0 Å². The molecule has 1 aliphatic rings. The van der Waals surface area contributed by atoms with E-state index in [0.29, 0.717) is 5.69 Å². The second-order valence-corrected chi connectivity index (χ2v) is 7.58. The van der Waals surface area contributed by atoms with Crippen LogP contribution in [0.5, 0.6) is 0 Å². The Kier molecular flexibility index (Phi) is 6.71. The predicted octanol–water partition coefficient (Wildman–Crippen LogP) is 4.28. The van der Waals surface area contributed by atoms with E-state index in [1.54, 1.807) is 0 Å². The van der Waals surface area contributed by atoms with Gasteiger partial charge in [-0.1, -0.05) is 35.3 Å². The number of anilines is 1. The van der Waals surface area contributed by atoms with Crippen molar-refractivity contribution < 1.29 is 9.18 Å². The Balaban J connectivity index is 1.51. The van der Waals surface area contributed by atoms with E-state index in [2.05, 4.69) is 21.2 Å². The second kappa shape index (κ2) is 9.02. The number of benzene rings is 2. The Morgan fingerprint density at radius 2 is 1.89 bits per heavy atom. The van der Waals surface area contributed by atoms with Gasteiger partial charge in [-0.15, -0.1) is 0 Å². The number of rotatable bonds is 5. The van der Waals surface area contributed by atoms with E-state index >= 15 is 0 Å². The SMILES string of the molecule is C[C@H](C(=O)Nc1ccc(F)cc1Cl)N1CCN(Cc2cccc(Cl)c2)CC1. The van der Waals surface area contributed by atoms with Crippen LogP contribution in [0, 0.1) is 5.82 Å². The van der Waals surface area contributed by atoms with Crippen LogP contribution in [-0.2, 0) is 11.3 Å². The molecule has 2 aromatic carbocycles. The van der Waals surface area contributed by atoms with E-state index in [0.717, 1.165) is 37.7 Å². The molecule has 0 spiro atoms. The van der Waals surface area contributed by atoms with Crippen LogP contribution in [0.3, 0.4) is 0 Å². The summed E-state index contributed by atoms with van der Waals surface area (Å²) >= 11 is 12.0. The van der Waals surface area contributed by atoms with Crippen molar-refractivity contribution >= 4 is 34.8 Å². The maximum absolute atomic E-state index is 13.1. The summed E-state index contributed by atoms with van der Waals surface area (Å²) in [5.41, 5.74) is 1.61. The fourth-order valence-corrected chi connectivity index (χ4v) is 3.62. The lowest BCUT2D eigenvalue weighted by atomic mass is 10.1. The summed E-state index contributed by atoms with van der Waals surface area (Å²) in [6, 6.07) is 11.5. The Hall–Kier alpha value is -1.66. The van der Waals surface area contributed by atoms with Crippen molar-refractivity contribution in [1.29, 1.82) is 0 Å². The Morgan fingerprint density at radius 3 is 2.56 bits per heavy atom. The van der Waals surface area contributed by atoms with Crippen molar-refractivity contribution in [2.45, 2.75) is 19.5 Å². The quantitative estimate of drug-likeness (QED) is 0.800. The van der Waals surface area contributed by atoms with Crippen LogP contribution in [-0.4, -0.2) is 47.9 Å². The first-order valence-electron chi connectivity index (χ1n) is 8.89. The molecule has 1 saturated heterocycles. The van der Waals surface area contributed by atoms with Gasteiger partial charge in [-0.25, -0.2) is 4.39 Å². The van der Waals surface area contributed by atoms with E-state index in [9.17, 15) is 9.18 Å². The number of nitrogens with one attached hydrogen (secondary N) is 1. The van der Waals surface area contributed by atoms with Crippen LogP contribution in [0.2, 0.25) is 10.0 Å². The summed E-state index contributed by atoms with van der Waals surface area (Å²) in [6.45, 7) is 6.07. The number of hydrogen-bond donors (Lipinski definition) is 1. The number of carbonyl (C=O) groups excluding carboxylic acids is 1. The molecule has 1 fully saturated rings. The minimum absolute atomic E-state index is 0.146. The van der Waals surface area contributed by atoms with Gasteiger partial charge in [0.2, 0.25) is 5.91 Å². The lowest BCUT2D eigenvalue weighted by Crippen LogP contribution is -2.52. The molecule has 144 valence electrons. The summed E-state index contributed by atoms with van der Waals surface area (Å²) < 4.78 is 13.1.